The number of carboxylic acids is 7. The highest BCUT2D eigenvalue weighted by Crippen LogP contribution is 2.21. The van der Waals surface area contributed by atoms with Crippen molar-refractivity contribution in [2.45, 2.75) is 169 Å². The van der Waals surface area contributed by atoms with E-state index in [0.717, 1.165) is 4.90 Å². The van der Waals surface area contributed by atoms with Crippen molar-refractivity contribution in [2.75, 3.05) is 39.4 Å². The summed E-state index contributed by atoms with van der Waals surface area (Å²) < 4.78 is 0. The highest BCUT2D eigenvalue weighted by molar-refractivity contribution is 6.00. The van der Waals surface area contributed by atoms with Crippen molar-refractivity contribution >= 4 is 95.0 Å². The van der Waals surface area contributed by atoms with Gasteiger partial charge in [0, 0.05) is 13.1 Å². The highest BCUT2D eigenvalue weighted by atomic mass is 16.4. The van der Waals surface area contributed by atoms with E-state index in [-0.39, 0.29) is 82.1 Å². The van der Waals surface area contributed by atoms with E-state index in [1.807, 2.05) is 10.6 Å². The minimum absolute atomic E-state index is 0.0149. The van der Waals surface area contributed by atoms with Gasteiger partial charge in [-0.3, -0.25) is 114 Å². The number of likely N-dealkylation sites (tertiary alicyclic amines) is 1. The number of carboxylic acid groups (broad SMARTS) is 7. The van der Waals surface area contributed by atoms with Gasteiger partial charge in [-0.05, 0) is 94.8 Å². The number of amides is 8. The van der Waals surface area contributed by atoms with Gasteiger partial charge in [-0.2, -0.15) is 0 Å². The van der Waals surface area contributed by atoms with Crippen LogP contribution < -0.4 is 97.4 Å². The Morgan fingerprint density at radius 3 is 1.15 bits per heavy atom. The molecule has 105 heavy (non-hydrogen) atoms. The molecule has 8 amide bonds. The van der Waals surface area contributed by atoms with Crippen molar-refractivity contribution in [3.63, 3.8) is 0 Å². The third-order valence-electron chi connectivity index (χ3n) is 16.1. The molecule has 31 N–H and O–H groups in total. The van der Waals surface area contributed by atoms with E-state index in [4.69, 9.17) is 22.9 Å². The van der Waals surface area contributed by atoms with Gasteiger partial charge in [0.15, 0.2) is 49.1 Å². The minimum atomic E-state index is -2.68. The predicted octanol–water partition coefficient (Wildman–Crippen LogP) is -10.8. The van der Waals surface area contributed by atoms with Gasteiger partial charge < -0.3 is 111 Å². The topological polar surface area (TPSA) is 726 Å². The van der Waals surface area contributed by atoms with Gasteiger partial charge in [-0.15, -0.1) is 0 Å². The van der Waals surface area contributed by atoms with Crippen molar-refractivity contribution in [3.05, 3.63) is 71.8 Å². The van der Waals surface area contributed by atoms with Crippen molar-refractivity contribution in [1.29, 1.82) is 0 Å². The molecular weight excluding hydrogens is 1400 g/mol. The standard InChI is InChI=1S/C61H92N20O24/c62-21-9-7-17-31-46(84)74-42(71-36(27-82)58(100)101)50(88)76-41(69-34(56(96)97)25-29-13-3-1-4-14-29)49(87)77-43(72-37(28-83)59(102)103)51(89)78-44(70-35(57(98)99)26-30-15-5-2-6-16-30)52(90)80-45(81-24-12-20-38(81)60(104)105)53(91)79-40(67-32(54(92)93)18-8-10-22-63)48(86)75-39(47(85)73-31)68-33(55(94)95)19-11-23-66-61(64)65/h1-6,13-16,31-45,67-72,82-83H,7-12,17-28,62-63H2,(H,73,85)(H,74,84)(H,75,86)(H,76,88)(H,77,87)(H,78,89)(H,79,91)(H,80,90)(H,92,93)(H,94,95)(H,96,97)(H,98,99)(H,100,101)(H,102,103)(H,104,105)(H4,64,65,66)/t31-,32+,33+,34-,35+,36-,37+,38+,39?,40?,41?,42?,43?,44?,45?/m0/s1. The van der Waals surface area contributed by atoms with E-state index < -0.39 is 232 Å². The summed E-state index contributed by atoms with van der Waals surface area (Å²) in [5.41, 5.74) is 22.9. The van der Waals surface area contributed by atoms with E-state index in [9.17, 15) is 89.1 Å². The number of hydrogen-bond donors (Lipinski definition) is 27. The second-order valence-corrected chi connectivity index (χ2v) is 24.0. The zero-order valence-corrected chi connectivity index (χ0v) is 56.5. The number of carbonyl (C=O) groups is 15. The third kappa shape index (κ3) is 28.8. The van der Waals surface area contributed by atoms with Gasteiger partial charge in [0.2, 0.25) is 5.91 Å². The molecular formula is C61H92N20O24. The second kappa shape index (κ2) is 44.1. The molecule has 2 saturated heterocycles. The van der Waals surface area contributed by atoms with Crippen LogP contribution in [-0.2, 0) is 84.8 Å². The summed E-state index contributed by atoms with van der Waals surface area (Å²) in [6.45, 7) is -3.48. The minimum Gasteiger partial charge on any atom is -0.480 e. The molecule has 0 saturated carbocycles. The smallest absolute Gasteiger partial charge is 0.323 e. The summed E-state index contributed by atoms with van der Waals surface area (Å²) in [4.78, 5) is 216. The van der Waals surface area contributed by atoms with Crippen LogP contribution in [0.4, 0.5) is 0 Å². The number of aliphatic hydroxyl groups is 2. The number of nitrogens with two attached hydrogens (primary N) is 4. The summed E-state index contributed by atoms with van der Waals surface area (Å²) in [6.07, 6.45) is -20.6. The molecule has 2 aliphatic heterocycles. The monoisotopic (exact) mass is 1490 g/mol. The summed E-state index contributed by atoms with van der Waals surface area (Å²) in [6, 6.07) is -1.23. The van der Waals surface area contributed by atoms with E-state index in [1.165, 1.54) is 48.5 Å². The van der Waals surface area contributed by atoms with Crippen LogP contribution >= 0.6 is 0 Å². The lowest BCUT2D eigenvalue weighted by Crippen LogP contribution is -2.71. The Balaban J connectivity index is 2.18. The lowest BCUT2D eigenvalue weighted by molar-refractivity contribution is -0.148. The molecule has 580 valence electrons. The van der Waals surface area contributed by atoms with Gasteiger partial charge >= 0.3 is 41.8 Å². The van der Waals surface area contributed by atoms with Crippen LogP contribution in [0.1, 0.15) is 75.3 Å². The number of nitrogens with zero attached hydrogens (tertiary/aromatic N) is 2. The number of carbonyl (C=O) groups excluding carboxylic acids is 8. The summed E-state index contributed by atoms with van der Waals surface area (Å²) >= 11 is 0. The van der Waals surface area contributed by atoms with Crippen LogP contribution in [0.3, 0.4) is 0 Å². The first kappa shape index (κ1) is 86.7. The van der Waals surface area contributed by atoms with Crippen LogP contribution in [0.5, 0.6) is 0 Å². The molecule has 0 aliphatic carbocycles. The largest absolute Gasteiger partial charge is 0.480 e. The summed E-state index contributed by atoms with van der Waals surface area (Å²) in [5, 5.41) is 125. The molecule has 2 heterocycles. The van der Waals surface area contributed by atoms with Crippen LogP contribution in [0.25, 0.3) is 0 Å². The van der Waals surface area contributed by atoms with Crippen molar-refractivity contribution in [2.24, 2.45) is 27.9 Å². The Hall–Kier alpha value is -10.7. The van der Waals surface area contributed by atoms with Gasteiger partial charge in [0.05, 0.1) is 13.2 Å². The van der Waals surface area contributed by atoms with E-state index in [0.29, 0.717) is 0 Å². The fourth-order valence-electron chi connectivity index (χ4n) is 10.7. The number of aliphatic hydroxyl groups excluding tert-OH is 2. The molecule has 2 fully saturated rings. The van der Waals surface area contributed by atoms with E-state index in [2.05, 4.69) is 68.8 Å². The van der Waals surface area contributed by atoms with Crippen LogP contribution in [0, 0.1) is 0 Å². The quantitative estimate of drug-likeness (QED) is 0.0169. The fourth-order valence-corrected chi connectivity index (χ4v) is 10.7. The number of aliphatic imine (C=N–C) groups is 1. The molecule has 44 nitrogen and oxygen atoms in total. The van der Waals surface area contributed by atoms with Gasteiger partial charge in [0.25, 0.3) is 41.4 Å². The molecule has 7 unspecified atom stereocenters. The number of benzene rings is 2. The first-order valence-electron chi connectivity index (χ1n) is 32.9. The van der Waals surface area contributed by atoms with Crippen molar-refractivity contribution < 1.29 is 118 Å². The Labute approximate surface area is 598 Å². The number of rotatable bonds is 38. The van der Waals surface area contributed by atoms with Crippen molar-refractivity contribution in [1.82, 2.24) is 79.3 Å². The Morgan fingerprint density at radius 1 is 0.438 bits per heavy atom. The number of hydrogen-bond acceptors (Lipinski definition) is 27. The maximum Gasteiger partial charge on any atom is 0.323 e. The first-order valence-corrected chi connectivity index (χ1v) is 32.9. The number of aliphatic carboxylic acids is 7. The molecule has 0 spiro atoms. The van der Waals surface area contributed by atoms with Gasteiger partial charge in [0.1, 0.15) is 48.3 Å². The third-order valence-corrected chi connectivity index (χ3v) is 16.1. The van der Waals surface area contributed by atoms with Crippen molar-refractivity contribution in [3.8, 4) is 0 Å². The fraction of sp³-hybridized carbons (Fsp3) is 0.541. The number of unbranched alkanes of at least 4 members (excludes halogenated alkanes) is 2. The zero-order chi connectivity index (χ0) is 78.0. The molecule has 2 aromatic rings. The Kier molecular flexibility index (Phi) is 36.4. The normalized spacial score (nSPS) is 23.0. The zero-order valence-electron chi connectivity index (χ0n) is 56.5. The summed E-state index contributed by atoms with van der Waals surface area (Å²) in [5.74, 6) is -26.1. The van der Waals surface area contributed by atoms with E-state index in [1.54, 1.807) is 12.1 Å². The summed E-state index contributed by atoms with van der Waals surface area (Å²) in [7, 11) is 0. The van der Waals surface area contributed by atoms with Crippen LogP contribution in [-0.4, -0.2) is 277 Å². The molecule has 4 rings (SSSR count). The highest BCUT2D eigenvalue weighted by Gasteiger charge is 2.45. The first-order chi connectivity index (χ1) is 49.8. The SMILES string of the molecule is NCCCC[C@@H]1NC(=O)C(N[C@H](CCCN=C(N)N)C(=O)O)NC(=O)C(N[C@H](CCCCN)C(=O)O)NC(=O)C(N2CCC[C@@H]2C(=O)O)NC(=O)C(N[C@H](Cc2ccccc2)C(=O)O)NC(=O)C(N[C@H](CO)C(=O)O)NC(=O)C(N[C@@H](Cc2ccccc2)C(=O)O)NC(=O)C(N[C@@H](CO)C(=O)O)NC1=O. The molecule has 2 aromatic carbocycles. The predicted molar refractivity (Wildman–Crippen MR) is 360 cm³/mol. The van der Waals surface area contributed by atoms with E-state index >= 15 is 28.8 Å². The second-order valence-electron chi connectivity index (χ2n) is 24.0. The average molecular weight is 1490 g/mol. The Morgan fingerprint density at radius 2 is 0.781 bits per heavy atom. The van der Waals surface area contributed by atoms with Gasteiger partial charge in [-0.1, -0.05) is 67.1 Å². The lowest BCUT2D eigenvalue weighted by atomic mass is 10.1. The van der Waals surface area contributed by atoms with Gasteiger partial charge in [-0.25, -0.2) is 0 Å². The Bertz CT molecular complexity index is 3360. The molecule has 0 radical (unpaired) electrons. The molecule has 0 bridgehead atoms. The maximum absolute atomic E-state index is 15.3. The van der Waals surface area contributed by atoms with Crippen LogP contribution in [0.15, 0.2) is 65.7 Å². The number of nitrogens with one attached hydrogen (secondary N) is 14. The molecule has 44 heteroatoms. The molecule has 2 aliphatic rings. The molecule has 15 atom stereocenters. The lowest BCUT2D eigenvalue weighted by Gasteiger charge is -2.35. The van der Waals surface area contributed by atoms with Crippen LogP contribution in [0.2, 0.25) is 0 Å². The maximum atomic E-state index is 15.3. The molecule has 0 aromatic heterocycles. The average Bonchev–Trinajstić information content (AvgIpc) is 1.59. The number of guanidine groups is 1.